The average Bonchev–Trinajstić information content (AvgIpc) is 3.11. The van der Waals surface area contributed by atoms with Gasteiger partial charge in [0.2, 0.25) is 5.91 Å². The molecule has 1 amide bonds. The predicted molar refractivity (Wildman–Crippen MR) is 84.1 cm³/mol. The van der Waals surface area contributed by atoms with Crippen LogP contribution in [0.2, 0.25) is 0 Å². The number of ether oxygens (including phenoxy) is 1. The lowest BCUT2D eigenvalue weighted by molar-refractivity contribution is -0.117. The molecule has 0 saturated heterocycles. The highest BCUT2D eigenvalue weighted by Crippen LogP contribution is 2.53. The number of para-hydroxylation sites is 1. The molecule has 5 heteroatoms. The largest absolute Gasteiger partial charge is 0.457 e. The van der Waals surface area contributed by atoms with Crippen LogP contribution in [0.4, 0.5) is 5.69 Å². The molecule has 1 atom stereocenters. The summed E-state index contributed by atoms with van der Waals surface area (Å²) in [6.45, 7) is 0. The van der Waals surface area contributed by atoms with Crippen molar-refractivity contribution in [2.75, 3.05) is 5.32 Å². The summed E-state index contributed by atoms with van der Waals surface area (Å²) in [5.41, 5.74) is 0.691. The number of nitrogens with one attached hydrogen (secondary N) is 1. The van der Waals surface area contributed by atoms with E-state index in [4.69, 9.17) is 27.9 Å². The zero-order valence-electron chi connectivity index (χ0n) is 11.1. The standard InChI is InChI=1S/C16H13Cl2NO2/c17-16(18)10-14(16)15(20)19-11-6-8-13(9-7-11)21-12-4-2-1-3-5-12/h1-9,14H,10H2,(H,19,20)/t14-/m1/s1. The molecule has 0 spiro atoms. The number of carbonyl (C=O) groups excluding carboxylic acids is 1. The molecular formula is C16H13Cl2NO2. The number of rotatable bonds is 4. The van der Waals surface area contributed by atoms with Crippen LogP contribution in [-0.4, -0.2) is 10.2 Å². The fourth-order valence-electron chi connectivity index (χ4n) is 1.96. The van der Waals surface area contributed by atoms with Crippen LogP contribution in [-0.2, 0) is 4.79 Å². The van der Waals surface area contributed by atoms with Crippen molar-refractivity contribution in [3.8, 4) is 11.5 Å². The number of anilines is 1. The first kappa shape index (κ1) is 14.2. The van der Waals surface area contributed by atoms with Gasteiger partial charge >= 0.3 is 0 Å². The lowest BCUT2D eigenvalue weighted by Crippen LogP contribution is -2.16. The normalized spacial score (nSPS) is 18.9. The fourth-order valence-corrected chi connectivity index (χ4v) is 2.46. The minimum Gasteiger partial charge on any atom is -0.457 e. The van der Waals surface area contributed by atoms with Crippen LogP contribution in [0.1, 0.15) is 6.42 Å². The van der Waals surface area contributed by atoms with Gasteiger partial charge in [-0.15, -0.1) is 23.2 Å². The molecule has 0 unspecified atom stereocenters. The smallest absolute Gasteiger partial charge is 0.230 e. The number of alkyl halides is 2. The van der Waals surface area contributed by atoms with Gasteiger partial charge in [0.25, 0.3) is 0 Å². The van der Waals surface area contributed by atoms with Gasteiger partial charge in [-0.3, -0.25) is 4.79 Å². The monoisotopic (exact) mass is 321 g/mol. The predicted octanol–water partition coefficient (Wildman–Crippen LogP) is 4.61. The number of hydrogen-bond donors (Lipinski definition) is 1. The third-order valence-corrected chi connectivity index (χ3v) is 4.08. The molecule has 1 fully saturated rings. The van der Waals surface area contributed by atoms with Crippen molar-refractivity contribution in [2.24, 2.45) is 5.92 Å². The zero-order chi connectivity index (χ0) is 14.9. The average molecular weight is 322 g/mol. The van der Waals surface area contributed by atoms with Gasteiger partial charge in [0.15, 0.2) is 0 Å². The fraction of sp³-hybridized carbons (Fsp3) is 0.188. The molecule has 0 radical (unpaired) electrons. The minimum absolute atomic E-state index is 0.156. The molecule has 1 saturated carbocycles. The Kier molecular flexibility index (Phi) is 3.79. The lowest BCUT2D eigenvalue weighted by atomic mass is 10.3. The summed E-state index contributed by atoms with van der Waals surface area (Å²) >= 11 is 11.7. The first-order chi connectivity index (χ1) is 10.0. The van der Waals surface area contributed by atoms with Crippen molar-refractivity contribution in [3.05, 3.63) is 54.6 Å². The van der Waals surface area contributed by atoms with Crippen molar-refractivity contribution in [1.82, 2.24) is 0 Å². The summed E-state index contributed by atoms with van der Waals surface area (Å²) < 4.78 is 4.77. The molecule has 2 aromatic carbocycles. The van der Waals surface area contributed by atoms with Crippen molar-refractivity contribution >= 4 is 34.8 Å². The van der Waals surface area contributed by atoms with Crippen LogP contribution < -0.4 is 10.1 Å². The van der Waals surface area contributed by atoms with Gasteiger partial charge in [-0.2, -0.15) is 0 Å². The second-order valence-electron chi connectivity index (χ2n) is 4.95. The Bertz CT molecular complexity index is 641. The van der Waals surface area contributed by atoms with E-state index in [0.717, 1.165) is 5.75 Å². The Labute approximate surface area is 132 Å². The van der Waals surface area contributed by atoms with Crippen LogP contribution in [0.5, 0.6) is 11.5 Å². The van der Waals surface area contributed by atoms with E-state index in [1.54, 1.807) is 24.3 Å². The summed E-state index contributed by atoms with van der Waals surface area (Å²) in [6, 6.07) is 16.7. The molecule has 1 N–H and O–H groups in total. The maximum Gasteiger partial charge on any atom is 0.230 e. The maximum absolute atomic E-state index is 11.9. The van der Waals surface area contributed by atoms with E-state index in [9.17, 15) is 4.79 Å². The van der Waals surface area contributed by atoms with Crippen molar-refractivity contribution < 1.29 is 9.53 Å². The Morgan fingerprint density at radius 1 is 1.05 bits per heavy atom. The van der Waals surface area contributed by atoms with Gasteiger partial charge in [0, 0.05) is 5.69 Å². The zero-order valence-corrected chi connectivity index (χ0v) is 12.6. The van der Waals surface area contributed by atoms with E-state index in [2.05, 4.69) is 5.32 Å². The van der Waals surface area contributed by atoms with Gasteiger partial charge < -0.3 is 10.1 Å². The van der Waals surface area contributed by atoms with Crippen LogP contribution >= 0.6 is 23.2 Å². The molecule has 1 aliphatic rings. The van der Waals surface area contributed by atoms with Crippen LogP contribution in [0, 0.1) is 5.92 Å². The SMILES string of the molecule is O=C(Nc1ccc(Oc2ccccc2)cc1)[C@H]1CC1(Cl)Cl. The van der Waals surface area contributed by atoms with E-state index in [-0.39, 0.29) is 11.8 Å². The molecule has 1 aliphatic carbocycles. The summed E-state index contributed by atoms with van der Waals surface area (Å²) in [5.74, 6) is 0.980. The van der Waals surface area contributed by atoms with E-state index in [0.29, 0.717) is 17.9 Å². The first-order valence-corrected chi connectivity index (χ1v) is 7.32. The quantitative estimate of drug-likeness (QED) is 0.835. The van der Waals surface area contributed by atoms with E-state index in [1.165, 1.54) is 0 Å². The molecule has 3 nitrogen and oxygen atoms in total. The summed E-state index contributed by atoms with van der Waals surface area (Å²) in [4.78, 5) is 11.9. The summed E-state index contributed by atoms with van der Waals surface area (Å²) in [6.07, 6.45) is 0.497. The van der Waals surface area contributed by atoms with Gasteiger partial charge in [-0.1, -0.05) is 18.2 Å². The molecule has 0 aliphatic heterocycles. The Hall–Kier alpha value is -1.71. The lowest BCUT2D eigenvalue weighted by Gasteiger charge is -2.08. The van der Waals surface area contributed by atoms with E-state index in [1.807, 2.05) is 30.3 Å². The molecule has 21 heavy (non-hydrogen) atoms. The Balaban J connectivity index is 1.61. The van der Waals surface area contributed by atoms with Gasteiger partial charge in [0.1, 0.15) is 15.8 Å². The van der Waals surface area contributed by atoms with Crippen LogP contribution in [0.3, 0.4) is 0 Å². The highest BCUT2D eigenvalue weighted by atomic mass is 35.5. The summed E-state index contributed by atoms with van der Waals surface area (Å²) in [5, 5.41) is 2.79. The van der Waals surface area contributed by atoms with Crippen LogP contribution in [0.25, 0.3) is 0 Å². The molecule has 0 bridgehead atoms. The second-order valence-corrected chi connectivity index (χ2v) is 6.49. The second kappa shape index (κ2) is 5.58. The Morgan fingerprint density at radius 3 is 2.19 bits per heavy atom. The van der Waals surface area contributed by atoms with Crippen LogP contribution in [0.15, 0.2) is 54.6 Å². The van der Waals surface area contributed by atoms with E-state index >= 15 is 0 Å². The number of amides is 1. The molecule has 3 rings (SSSR count). The topological polar surface area (TPSA) is 38.3 Å². The number of carbonyl (C=O) groups is 1. The third kappa shape index (κ3) is 3.49. The highest BCUT2D eigenvalue weighted by molar-refractivity contribution is 6.52. The van der Waals surface area contributed by atoms with Crippen molar-refractivity contribution in [2.45, 2.75) is 10.8 Å². The number of halogens is 2. The minimum atomic E-state index is -0.902. The number of benzene rings is 2. The molecule has 2 aromatic rings. The van der Waals surface area contributed by atoms with Gasteiger partial charge in [0.05, 0.1) is 5.92 Å². The Morgan fingerprint density at radius 2 is 1.62 bits per heavy atom. The van der Waals surface area contributed by atoms with E-state index < -0.39 is 4.33 Å². The first-order valence-electron chi connectivity index (χ1n) is 6.56. The molecule has 108 valence electrons. The third-order valence-electron chi connectivity index (χ3n) is 3.24. The van der Waals surface area contributed by atoms with Crippen molar-refractivity contribution in [3.63, 3.8) is 0 Å². The molecular weight excluding hydrogens is 309 g/mol. The van der Waals surface area contributed by atoms with Gasteiger partial charge in [-0.25, -0.2) is 0 Å². The maximum atomic E-state index is 11.9. The highest BCUT2D eigenvalue weighted by Gasteiger charge is 2.56. The molecule has 0 aromatic heterocycles. The van der Waals surface area contributed by atoms with Crippen molar-refractivity contribution in [1.29, 1.82) is 0 Å². The summed E-state index contributed by atoms with van der Waals surface area (Å²) in [7, 11) is 0. The number of hydrogen-bond acceptors (Lipinski definition) is 2. The van der Waals surface area contributed by atoms with Gasteiger partial charge in [-0.05, 0) is 42.8 Å². The molecule has 0 heterocycles.